The summed E-state index contributed by atoms with van der Waals surface area (Å²) in [6.45, 7) is 7.27. The zero-order chi connectivity index (χ0) is 15.0. The van der Waals surface area contributed by atoms with Crippen molar-refractivity contribution in [2.45, 2.75) is 51.2 Å². The summed E-state index contributed by atoms with van der Waals surface area (Å²) in [6.07, 6.45) is 3.74. The molecule has 0 spiro atoms. The Kier molecular flexibility index (Phi) is 4.26. The first-order chi connectivity index (χ1) is 10.0. The van der Waals surface area contributed by atoms with Crippen molar-refractivity contribution in [3.05, 3.63) is 34.6 Å². The van der Waals surface area contributed by atoms with Crippen molar-refractivity contribution in [2.75, 3.05) is 13.1 Å². The summed E-state index contributed by atoms with van der Waals surface area (Å²) >= 11 is 6.14. The van der Waals surface area contributed by atoms with Crippen molar-refractivity contribution in [3.8, 4) is 0 Å². The summed E-state index contributed by atoms with van der Waals surface area (Å²) in [5, 5.41) is 3.99. The maximum atomic E-state index is 13.7. The first-order valence-corrected chi connectivity index (χ1v) is 8.32. The lowest BCUT2D eigenvalue weighted by Gasteiger charge is -2.46. The van der Waals surface area contributed by atoms with Crippen LogP contribution in [-0.2, 0) is 6.54 Å². The van der Waals surface area contributed by atoms with Crippen LogP contribution in [0.5, 0.6) is 0 Å². The van der Waals surface area contributed by atoms with Gasteiger partial charge >= 0.3 is 0 Å². The minimum atomic E-state index is -0.314. The molecule has 0 radical (unpaired) electrons. The van der Waals surface area contributed by atoms with E-state index in [4.69, 9.17) is 11.6 Å². The van der Waals surface area contributed by atoms with Crippen LogP contribution in [-0.4, -0.2) is 29.6 Å². The molecule has 1 saturated heterocycles. The van der Waals surface area contributed by atoms with Gasteiger partial charge in [-0.3, -0.25) is 4.90 Å². The third-order valence-electron chi connectivity index (χ3n) is 5.11. The van der Waals surface area contributed by atoms with E-state index in [2.05, 4.69) is 24.1 Å². The summed E-state index contributed by atoms with van der Waals surface area (Å²) in [5.41, 5.74) is 1.05. The van der Waals surface area contributed by atoms with E-state index in [0.717, 1.165) is 37.5 Å². The van der Waals surface area contributed by atoms with E-state index >= 15 is 0 Å². The maximum absolute atomic E-state index is 13.7. The molecule has 2 fully saturated rings. The fraction of sp³-hybridized carbons (Fsp3) is 0.647. The Labute approximate surface area is 131 Å². The summed E-state index contributed by atoms with van der Waals surface area (Å²) in [6, 6.07) is 5.69. The molecule has 1 heterocycles. The molecule has 1 N–H and O–H groups in total. The second kappa shape index (κ2) is 5.86. The highest BCUT2D eigenvalue weighted by molar-refractivity contribution is 6.31. The first kappa shape index (κ1) is 15.3. The lowest BCUT2D eigenvalue weighted by atomic mass is 9.91. The van der Waals surface area contributed by atoms with Crippen LogP contribution in [0, 0.1) is 11.7 Å². The van der Waals surface area contributed by atoms with E-state index in [-0.39, 0.29) is 16.4 Å². The summed E-state index contributed by atoms with van der Waals surface area (Å²) in [4.78, 5) is 2.51. The largest absolute Gasteiger partial charge is 0.309 e. The number of hydrogen-bond donors (Lipinski definition) is 1. The Balaban J connectivity index is 1.80. The molecule has 1 aliphatic carbocycles. The molecule has 1 saturated carbocycles. The number of nitrogens with zero attached hydrogens (tertiary/aromatic N) is 1. The Morgan fingerprint density at radius 1 is 1.43 bits per heavy atom. The second-order valence-electron chi connectivity index (χ2n) is 6.82. The molecule has 2 nitrogen and oxygen atoms in total. The van der Waals surface area contributed by atoms with Gasteiger partial charge in [0.25, 0.3) is 0 Å². The Bertz CT molecular complexity index is 518. The lowest BCUT2D eigenvalue weighted by Crippen LogP contribution is -2.62. The quantitative estimate of drug-likeness (QED) is 0.909. The summed E-state index contributed by atoms with van der Waals surface area (Å²) in [5.74, 6) is 0.483. The molecule has 116 valence electrons. The Morgan fingerprint density at radius 3 is 2.86 bits per heavy atom. The number of nitrogens with one attached hydrogen (secondary N) is 1. The average molecular weight is 311 g/mol. The SMILES string of the molecule is CCC1(C)CN(Cc2cccc(F)c2Cl)C(C2CC2)CN1. The van der Waals surface area contributed by atoms with E-state index in [0.29, 0.717) is 6.04 Å². The van der Waals surface area contributed by atoms with Crippen LogP contribution in [0.2, 0.25) is 5.02 Å². The van der Waals surface area contributed by atoms with Gasteiger partial charge in [-0.25, -0.2) is 4.39 Å². The third kappa shape index (κ3) is 3.25. The highest BCUT2D eigenvalue weighted by Crippen LogP contribution is 2.38. The van der Waals surface area contributed by atoms with Gasteiger partial charge in [-0.05, 0) is 43.7 Å². The van der Waals surface area contributed by atoms with Crippen LogP contribution in [0.1, 0.15) is 38.7 Å². The Morgan fingerprint density at radius 2 is 2.19 bits per heavy atom. The zero-order valence-corrected chi connectivity index (χ0v) is 13.6. The number of benzene rings is 1. The topological polar surface area (TPSA) is 15.3 Å². The van der Waals surface area contributed by atoms with Gasteiger partial charge in [-0.15, -0.1) is 0 Å². The molecule has 0 amide bonds. The van der Waals surface area contributed by atoms with Crippen molar-refractivity contribution in [3.63, 3.8) is 0 Å². The van der Waals surface area contributed by atoms with Crippen LogP contribution < -0.4 is 5.32 Å². The van der Waals surface area contributed by atoms with E-state index in [1.165, 1.54) is 18.9 Å². The second-order valence-corrected chi connectivity index (χ2v) is 7.20. The molecule has 1 aromatic carbocycles. The predicted octanol–water partition coefficient (Wildman–Crippen LogP) is 3.83. The van der Waals surface area contributed by atoms with Gasteiger partial charge in [0.05, 0.1) is 5.02 Å². The van der Waals surface area contributed by atoms with Crippen LogP contribution in [0.15, 0.2) is 18.2 Å². The molecular weight excluding hydrogens is 287 g/mol. The zero-order valence-electron chi connectivity index (χ0n) is 12.8. The van der Waals surface area contributed by atoms with Gasteiger partial charge in [-0.2, -0.15) is 0 Å². The molecule has 0 bridgehead atoms. The molecule has 2 atom stereocenters. The van der Waals surface area contributed by atoms with Gasteiger partial charge in [0.2, 0.25) is 0 Å². The number of rotatable bonds is 4. The molecule has 3 rings (SSSR count). The number of hydrogen-bond acceptors (Lipinski definition) is 2. The van der Waals surface area contributed by atoms with E-state index < -0.39 is 0 Å². The van der Waals surface area contributed by atoms with Gasteiger partial charge in [-0.1, -0.05) is 30.7 Å². The van der Waals surface area contributed by atoms with Gasteiger partial charge in [0.15, 0.2) is 0 Å². The number of halogens is 2. The van der Waals surface area contributed by atoms with Crippen molar-refractivity contribution in [1.29, 1.82) is 0 Å². The molecule has 1 aromatic rings. The van der Waals surface area contributed by atoms with Crippen LogP contribution in [0.25, 0.3) is 0 Å². The monoisotopic (exact) mass is 310 g/mol. The normalized spacial score (nSPS) is 30.6. The summed E-state index contributed by atoms with van der Waals surface area (Å²) < 4.78 is 13.7. The minimum absolute atomic E-state index is 0.144. The molecule has 2 unspecified atom stereocenters. The molecular formula is C17H24ClFN2. The average Bonchev–Trinajstić information content (AvgIpc) is 3.29. The van der Waals surface area contributed by atoms with Gasteiger partial charge in [0.1, 0.15) is 5.82 Å². The van der Waals surface area contributed by atoms with Crippen molar-refractivity contribution < 1.29 is 4.39 Å². The first-order valence-electron chi connectivity index (χ1n) is 7.94. The van der Waals surface area contributed by atoms with E-state index in [1.54, 1.807) is 6.07 Å². The fourth-order valence-electron chi connectivity index (χ4n) is 3.35. The predicted molar refractivity (Wildman–Crippen MR) is 85.0 cm³/mol. The van der Waals surface area contributed by atoms with Gasteiger partial charge < -0.3 is 5.32 Å². The summed E-state index contributed by atoms with van der Waals surface area (Å²) in [7, 11) is 0. The smallest absolute Gasteiger partial charge is 0.142 e. The maximum Gasteiger partial charge on any atom is 0.142 e. The van der Waals surface area contributed by atoms with Crippen LogP contribution in [0.4, 0.5) is 4.39 Å². The molecule has 1 aliphatic heterocycles. The van der Waals surface area contributed by atoms with Crippen molar-refractivity contribution >= 4 is 11.6 Å². The van der Waals surface area contributed by atoms with Crippen molar-refractivity contribution in [2.24, 2.45) is 5.92 Å². The molecule has 2 aliphatic rings. The molecule has 0 aromatic heterocycles. The van der Waals surface area contributed by atoms with E-state index in [9.17, 15) is 4.39 Å². The lowest BCUT2D eigenvalue weighted by molar-refractivity contribution is 0.0662. The molecule has 4 heteroatoms. The fourth-order valence-corrected chi connectivity index (χ4v) is 3.53. The van der Waals surface area contributed by atoms with E-state index in [1.807, 2.05) is 6.07 Å². The number of piperazine rings is 1. The Hall–Kier alpha value is -0.640. The minimum Gasteiger partial charge on any atom is -0.309 e. The highest BCUT2D eigenvalue weighted by atomic mass is 35.5. The van der Waals surface area contributed by atoms with Crippen molar-refractivity contribution in [1.82, 2.24) is 10.2 Å². The van der Waals surface area contributed by atoms with Crippen LogP contribution >= 0.6 is 11.6 Å². The highest BCUT2D eigenvalue weighted by Gasteiger charge is 2.41. The standard InChI is InChI=1S/C17H24ClFN2/c1-3-17(2)11-21(15(9-20-17)12-7-8-12)10-13-5-4-6-14(19)16(13)18/h4-6,12,15,20H,3,7-11H2,1-2H3. The van der Waals surface area contributed by atoms with Crippen LogP contribution in [0.3, 0.4) is 0 Å². The van der Waals surface area contributed by atoms with Gasteiger partial charge in [0, 0.05) is 31.2 Å². The molecule has 21 heavy (non-hydrogen) atoms. The third-order valence-corrected chi connectivity index (χ3v) is 5.53.